The molecule has 0 bridgehead atoms. The number of aromatic nitrogens is 1. The number of fused-ring (bicyclic) bond motifs is 2. The third-order valence-corrected chi connectivity index (χ3v) is 8.84. The van der Waals surface area contributed by atoms with Gasteiger partial charge in [0.15, 0.2) is 5.82 Å². The second kappa shape index (κ2) is 9.63. The molecule has 196 valence electrons. The highest BCUT2D eigenvalue weighted by molar-refractivity contribution is 6.04. The Hall–Kier alpha value is -3.13. The van der Waals surface area contributed by atoms with Crippen LogP contribution in [0.3, 0.4) is 0 Å². The maximum Gasteiger partial charge on any atom is 0.251 e. The highest BCUT2D eigenvalue weighted by atomic mass is 16.2. The molecule has 1 atom stereocenters. The Kier molecular flexibility index (Phi) is 6.31. The van der Waals surface area contributed by atoms with Crippen molar-refractivity contribution in [1.29, 1.82) is 0 Å². The molecule has 8 nitrogen and oxygen atoms in total. The van der Waals surface area contributed by atoms with E-state index in [0.29, 0.717) is 6.04 Å². The number of hydrogen-bond donors (Lipinski definition) is 1. The van der Waals surface area contributed by atoms with Crippen molar-refractivity contribution in [3.05, 3.63) is 41.5 Å². The van der Waals surface area contributed by atoms with Crippen LogP contribution in [-0.2, 0) is 11.2 Å². The van der Waals surface area contributed by atoms with Crippen LogP contribution < -0.4 is 20.0 Å². The van der Waals surface area contributed by atoms with E-state index >= 15 is 0 Å². The number of benzene rings is 1. The average Bonchev–Trinajstić information content (AvgIpc) is 3.59. The van der Waals surface area contributed by atoms with Crippen LogP contribution in [0.1, 0.15) is 61.4 Å². The molecular formula is C29H38N6O2. The molecule has 0 spiro atoms. The first-order chi connectivity index (χ1) is 17.9. The van der Waals surface area contributed by atoms with Crippen LogP contribution in [-0.4, -0.2) is 73.6 Å². The van der Waals surface area contributed by atoms with Crippen LogP contribution in [0.25, 0.3) is 0 Å². The van der Waals surface area contributed by atoms with Gasteiger partial charge in [-0.1, -0.05) is 12.8 Å². The first kappa shape index (κ1) is 24.2. The van der Waals surface area contributed by atoms with Gasteiger partial charge in [0.1, 0.15) is 11.9 Å². The summed E-state index contributed by atoms with van der Waals surface area (Å²) in [7, 11) is 3.99. The van der Waals surface area contributed by atoms with E-state index in [2.05, 4.69) is 39.2 Å². The molecule has 6 rings (SSSR count). The van der Waals surface area contributed by atoms with Crippen molar-refractivity contribution in [3.63, 3.8) is 0 Å². The monoisotopic (exact) mass is 502 g/mol. The Morgan fingerprint density at radius 3 is 2.46 bits per heavy atom. The zero-order valence-electron chi connectivity index (χ0n) is 22.2. The summed E-state index contributed by atoms with van der Waals surface area (Å²) >= 11 is 0. The minimum Gasteiger partial charge on any atom is -0.349 e. The van der Waals surface area contributed by atoms with E-state index in [4.69, 9.17) is 4.98 Å². The summed E-state index contributed by atoms with van der Waals surface area (Å²) in [6.45, 7) is 4.89. The summed E-state index contributed by atoms with van der Waals surface area (Å²) in [5.41, 5.74) is 3.92. The molecule has 1 aromatic carbocycles. The van der Waals surface area contributed by atoms with E-state index in [9.17, 15) is 9.59 Å². The van der Waals surface area contributed by atoms with Crippen molar-refractivity contribution < 1.29 is 9.59 Å². The van der Waals surface area contributed by atoms with Gasteiger partial charge in [-0.15, -0.1) is 0 Å². The first-order valence-electron chi connectivity index (χ1n) is 13.9. The van der Waals surface area contributed by atoms with Gasteiger partial charge in [-0.25, -0.2) is 4.98 Å². The minimum absolute atomic E-state index is 0.0246. The molecule has 37 heavy (non-hydrogen) atoms. The zero-order chi connectivity index (χ0) is 25.7. The lowest BCUT2D eigenvalue weighted by molar-refractivity contribution is -0.119. The SMILES string of the molecule is CC1C(=O)N(C)c2ccc(N3CCc4cc(C(=O)NC5CCN(C)CC5)ccc43)nc2N1C1CCCC1. The van der Waals surface area contributed by atoms with Gasteiger partial charge in [0.25, 0.3) is 5.91 Å². The second-order valence-corrected chi connectivity index (χ2v) is 11.2. The largest absolute Gasteiger partial charge is 0.349 e. The van der Waals surface area contributed by atoms with Crippen LogP contribution in [0, 0.1) is 0 Å². The second-order valence-electron chi connectivity index (χ2n) is 11.2. The third kappa shape index (κ3) is 4.35. The topological polar surface area (TPSA) is 72.0 Å². The average molecular weight is 503 g/mol. The molecule has 2 fully saturated rings. The summed E-state index contributed by atoms with van der Waals surface area (Å²) in [5, 5.41) is 3.24. The fourth-order valence-corrected chi connectivity index (χ4v) is 6.61. The number of nitrogens with zero attached hydrogens (tertiary/aromatic N) is 5. The van der Waals surface area contributed by atoms with Gasteiger partial charge < -0.3 is 24.9 Å². The minimum atomic E-state index is -0.208. The van der Waals surface area contributed by atoms with Crippen LogP contribution in [0.5, 0.6) is 0 Å². The molecule has 0 radical (unpaired) electrons. The Morgan fingerprint density at radius 2 is 1.70 bits per heavy atom. The number of anilines is 4. The van der Waals surface area contributed by atoms with Gasteiger partial charge in [-0.2, -0.15) is 0 Å². The number of carbonyl (C=O) groups is 2. The quantitative estimate of drug-likeness (QED) is 0.687. The fourth-order valence-electron chi connectivity index (χ4n) is 6.61. The van der Waals surface area contributed by atoms with E-state index in [-0.39, 0.29) is 23.9 Å². The highest BCUT2D eigenvalue weighted by Crippen LogP contribution is 2.42. The number of rotatable bonds is 4. The van der Waals surface area contributed by atoms with Crippen molar-refractivity contribution >= 4 is 34.8 Å². The van der Waals surface area contributed by atoms with E-state index in [1.807, 2.05) is 32.2 Å². The van der Waals surface area contributed by atoms with E-state index in [1.165, 1.54) is 18.4 Å². The van der Waals surface area contributed by atoms with Crippen LogP contribution in [0.4, 0.5) is 23.0 Å². The molecule has 1 N–H and O–H groups in total. The number of hydrogen-bond acceptors (Lipinski definition) is 6. The van der Waals surface area contributed by atoms with Crippen molar-refractivity contribution in [1.82, 2.24) is 15.2 Å². The first-order valence-corrected chi connectivity index (χ1v) is 13.9. The number of piperidine rings is 1. The number of likely N-dealkylation sites (tertiary alicyclic amines) is 1. The predicted octanol–water partition coefficient (Wildman–Crippen LogP) is 3.71. The molecule has 1 aliphatic carbocycles. The number of amides is 2. The van der Waals surface area contributed by atoms with Crippen LogP contribution in [0.15, 0.2) is 30.3 Å². The van der Waals surface area contributed by atoms with Gasteiger partial charge in [-0.05, 0) is 95.1 Å². The van der Waals surface area contributed by atoms with Crippen molar-refractivity contribution in [2.45, 2.75) is 70.0 Å². The lowest BCUT2D eigenvalue weighted by Gasteiger charge is -2.43. The number of nitrogens with one attached hydrogen (secondary N) is 1. The lowest BCUT2D eigenvalue weighted by Crippen LogP contribution is -2.54. The Bertz CT molecular complexity index is 1200. The molecule has 8 heteroatoms. The molecular weight excluding hydrogens is 464 g/mol. The maximum atomic E-state index is 13.0. The van der Waals surface area contributed by atoms with Gasteiger partial charge in [0.2, 0.25) is 5.91 Å². The summed E-state index contributed by atoms with van der Waals surface area (Å²) in [6.07, 6.45) is 7.53. The predicted molar refractivity (Wildman–Crippen MR) is 147 cm³/mol. The normalized spacial score (nSPS) is 22.9. The highest BCUT2D eigenvalue weighted by Gasteiger charge is 2.40. The lowest BCUT2D eigenvalue weighted by atomic mass is 10.0. The smallest absolute Gasteiger partial charge is 0.251 e. The molecule has 1 saturated carbocycles. The summed E-state index contributed by atoms with van der Waals surface area (Å²) in [4.78, 5) is 39.7. The van der Waals surface area contributed by atoms with E-state index < -0.39 is 0 Å². The number of carbonyl (C=O) groups excluding carboxylic acids is 2. The third-order valence-electron chi connectivity index (χ3n) is 8.84. The van der Waals surface area contributed by atoms with Crippen molar-refractivity contribution in [2.75, 3.05) is 48.4 Å². The van der Waals surface area contributed by atoms with E-state index in [0.717, 1.165) is 80.3 Å². The standard InChI is InChI=1S/C29H38N6O2/c1-19-29(37)33(3)25-10-11-26(31-27(25)35(19)23-6-4-5-7-23)34-17-12-20-18-21(8-9-24(20)34)28(36)30-22-13-15-32(2)16-14-22/h8-11,18-19,22-23H,4-7,12-17H2,1-3H3,(H,30,36). The van der Waals surface area contributed by atoms with E-state index in [1.54, 1.807) is 4.90 Å². The Morgan fingerprint density at radius 1 is 0.973 bits per heavy atom. The molecule has 4 heterocycles. The van der Waals surface area contributed by atoms with Gasteiger partial charge >= 0.3 is 0 Å². The Labute approximate surface area is 219 Å². The number of pyridine rings is 1. The zero-order valence-corrected chi connectivity index (χ0v) is 22.2. The summed E-state index contributed by atoms with van der Waals surface area (Å²) < 4.78 is 0. The molecule has 3 aliphatic heterocycles. The number of likely N-dealkylation sites (N-methyl/N-ethyl adjacent to an activating group) is 1. The summed E-state index contributed by atoms with van der Waals surface area (Å²) in [6, 6.07) is 10.6. The molecule has 1 aromatic heterocycles. The maximum absolute atomic E-state index is 13.0. The van der Waals surface area contributed by atoms with Crippen molar-refractivity contribution in [3.8, 4) is 0 Å². The van der Waals surface area contributed by atoms with Gasteiger partial charge in [-0.3, -0.25) is 9.59 Å². The fraction of sp³-hybridized carbons (Fsp3) is 0.552. The van der Waals surface area contributed by atoms with Gasteiger partial charge in [0, 0.05) is 36.9 Å². The molecule has 2 amide bonds. The molecule has 4 aliphatic rings. The van der Waals surface area contributed by atoms with Crippen molar-refractivity contribution in [2.24, 2.45) is 0 Å². The molecule has 1 saturated heterocycles. The Balaban J connectivity index is 1.25. The summed E-state index contributed by atoms with van der Waals surface area (Å²) in [5.74, 6) is 1.98. The van der Waals surface area contributed by atoms with Crippen LogP contribution >= 0.6 is 0 Å². The van der Waals surface area contributed by atoms with Gasteiger partial charge in [0.05, 0.1) is 5.69 Å². The molecule has 1 unspecified atom stereocenters. The molecule has 2 aromatic rings. The van der Waals surface area contributed by atoms with Crippen LogP contribution in [0.2, 0.25) is 0 Å².